The second-order valence-electron chi connectivity index (χ2n) is 4.69. The van der Waals surface area contributed by atoms with Gasteiger partial charge in [0.2, 0.25) is 0 Å². The molecule has 7 heteroatoms. The number of fused-ring (bicyclic) bond motifs is 1. The SMILES string of the molecule is Cc1cc(F)ccc1S(=O)(=O)Nc1ccc2cn[nH]c2c1. The molecule has 0 unspecified atom stereocenters. The Hall–Kier alpha value is -2.41. The van der Waals surface area contributed by atoms with E-state index in [9.17, 15) is 12.8 Å². The van der Waals surface area contributed by atoms with Crippen molar-refractivity contribution in [2.24, 2.45) is 0 Å². The maximum atomic E-state index is 13.1. The third kappa shape index (κ3) is 2.59. The van der Waals surface area contributed by atoms with Crippen LogP contribution in [0.3, 0.4) is 0 Å². The summed E-state index contributed by atoms with van der Waals surface area (Å²) in [5.41, 5.74) is 1.49. The zero-order valence-corrected chi connectivity index (χ0v) is 11.9. The fourth-order valence-electron chi connectivity index (χ4n) is 2.12. The zero-order valence-electron chi connectivity index (χ0n) is 11.1. The molecule has 0 saturated carbocycles. The Morgan fingerprint density at radius 3 is 2.76 bits per heavy atom. The van der Waals surface area contributed by atoms with Gasteiger partial charge < -0.3 is 0 Å². The van der Waals surface area contributed by atoms with Gasteiger partial charge in [-0.3, -0.25) is 9.82 Å². The number of benzene rings is 2. The van der Waals surface area contributed by atoms with Crippen LogP contribution in [-0.2, 0) is 10.0 Å². The average Bonchev–Trinajstić information content (AvgIpc) is 2.85. The van der Waals surface area contributed by atoms with E-state index in [4.69, 9.17) is 0 Å². The highest BCUT2D eigenvalue weighted by Gasteiger charge is 2.17. The van der Waals surface area contributed by atoms with Gasteiger partial charge in [0.15, 0.2) is 0 Å². The minimum Gasteiger partial charge on any atom is -0.280 e. The Balaban J connectivity index is 1.98. The molecular formula is C14H12FN3O2S. The predicted octanol–water partition coefficient (Wildman–Crippen LogP) is 2.81. The van der Waals surface area contributed by atoms with Crippen molar-refractivity contribution in [3.63, 3.8) is 0 Å². The lowest BCUT2D eigenvalue weighted by atomic mass is 10.2. The number of hydrogen-bond donors (Lipinski definition) is 2. The average molecular weight is 305 g/mol. The van der Waals surface area contributed by atoms with Gasteiger partial charge in [0, 0.05) is 5.39 Å². The highest BCUT2D eigenvalue weighted by molar-refractivity contribution is 7.92. The summed E-state index contributed by atoms with van der Waals surface area (Å²) in [6.45, 7) is 1.55. The Labute approximate surface area is 120 Å². The van der Waals surface area contributed by atoms with Crippen molar-refractivity contribution >= 4 is 26.6 Å². The number of sulfonamides is 1. The smallest absolute Gasteiger partial charge is 0.262 e. The number of aromatic nitrogens is 2. The predicted molar refractivity (Wildman–Crippen MR) is 78.0 cm³/mol. The summed E-state index contributed by atoms with van der Waals surface area (Å²) in [5.74, 6) is -0.467. The van der Waals surface area contributed by atoms with Crippen LogP contribution in [0.2, 0.25) is 0 Å². The Bertz CT molecular complexity index is 919. The van der Waals surface area contributed by atoms with E-state index in [2.05, 4.69) is 14.9 Å². The topological polar surface area (TPSA) is 74.8 Å². The molecule has 1 aromatic heterocycles. The van der Waals surface area contributed by atoms with E-state index >= 15 is 0 Å². The van der Waals surface area contributed by atoms with E-state index in [0.29, 0.717) is 11.3 Å². The molecule has 3 rings (SSSR count). The quantitative estimate of drug-likeness (QED) is 0.781. The second kappa shape index (κ2) is 4.85. The number of anilines is 1. The van der Waals surface area contributed by atoms with Crippen molar-refractivity contribution in [3.8, 4) is 0 Å². The van der Waals surface area contributed by atoms with Gasteiger partial charge in [0.1, 0.15) is 5.82 Å². The van der Waals surface area contributed by atoms with Gasteiger partial charge in [-0.05, 0) is 48.9 Å². The van der Waals surface area contributed by atoms with Crippen LogP contribution in [0.25, 0.3) is 10.9 Å². The monoisotopic (exact) mass is 305 g/mol. The molecule has 108 valence electrons. The molecule has 0 fully saturated rings. The van der Waals surface area contributed by atoms with Crippen LogP contribution in [0, 0.1) is 12.7 Å². The lowest BCUT2D eigenvalue weighted by Gasteiger charge is -2.10. The van der Waals surface area contributed by atoms with Crippen molar-refractivity contribution < 1.29 is 12.8 Å². The van der Waals surface area contributed by atoms with Crippen LogP contribution in [0.5, 0.6) is 0 Å². The molecular weight excluding hydrogens is 293 g/mol. The van der Waals surface area contributed by atoms with Gasteiger partial charge >= 0.3 is 0 Å². The molecule has 21 heavy (non-hydrogen) atoms. The minimum absolute atomic E-state index is 0.0496. The molecule has 0 aliphatic rings. The molecule has 0 radical (unpaired) electrons. The molecule has 2 aromatic carbocycles. The molecule has 0 atom stereocenters. The Morgan fingerprint density at radius 1 is 1.19 bits per heavy atom. The molecule has 0 bridgehead atoms. The Kier molecular flexibility index (Phi) is 3.13. The third-order valence-electron chi connectivity index (χ3n) is 3.12. The minimum atomic E-state index is -3.76. The largest absolute Gasteiger partial charge is 0.280 e. The molecule has 5 nitrogen and oxygen atoms in total. The number of rotatable bonds is 3. The maximum absolute atomic E-state index is 13.1. The van der Waals surface area contributed by atoms with E-state index in [0.717, 1.165) is 17.0 Å². The summed E-state index contributed by atoms with van der Waals surface area (Å²) in [6, 6.07) is 8.62. The van der Waals surface area contributed by atoms with Crippen LogP contribution in [0.4, 0.5) is 10.1 Å². The van der Waals surface area contributed by atoms with Crippen molar-refractivity contribution in [1.29, 1.82) is 0 Å². The molecule has 3 aromatic rings. The lowest BCUT2D eigenvalue weighted by molar-refractivity contribution is 0.598. The van der Waals surface area contributed by atoms with Crippen LogP contribution in [0.1, 0.15) is 5.56 Å². The third-order valence-corrected chi connectivity index (χ3v) is 4.66. The number of nitrogens with one attached hydrogen (secondary N) is 2. The second-order valence-corrected chi connectivity index (χ2v) is 6.34. The number of hydrogen-bond acceptors (Lipinski definition) is 3. The number of aromatic amines is 1. The highest BCUT2D eigenvalue weighted by atomic mass is 32.2. The number of halogens is 1. The van der Waals surface area contributed by atoms with Gasteiger partial charge in [-0.25, -0.2) is 12.8 Å². The molecule has 0 spiro atoms. The van der Waals surface area contributed by atoms with Gasteiger partial charge in [-0.2, -0.15) is 5.10 Å². The van der Waals surface area contributed by atoms with E-state index in [1.165, 1.54) is 12.1 Å². The van der Waals surface area contributed by atoms with Crippen molar-refractivity contribution in [1.82, 2.24) is 10.2 Å². The first-order chi connectivity index (χ1) is 9.95. The number of aryl methyl sites for hydroxylation is 1. The summed E-state index contributed by atoms with van der Waals surface area (Å²) < 4.78 is 40.3. The van der Waals surface area contributed by atoms with Crippen molar-refractivity contribution in [2.75, 3.05) is 4.72 Å². The molecule has 1 heterocycles. The van der Waals surface area contributed by atoms with E-state index in [1.54, 1.807) is 31.3 Å². The van der Waals surface area contributed by atoms with Crippen LogP contribution in [-0.4, -0.2) is 18.6 Å². The van der Waals surface area contributed by atoms with Gasteiger partial charge in [0.05, 0.1) is 22.3 Å². The summed E-state index contributed by atoms with van der Waals surface area (Å²) in [5, 5.41) is 7.53. The summed E-state index contributed by atoms with van der Waals surface area (Å²) in [7, 11) is -3.76. The molecule has 2 N–H and O–H groups in total. The van der Waals surface area contributed by atoms with E-state index < -0.39 is 15.8 Å². The molecule has 0 aliphatic carbocycles. The molecule has 0 saturated heterocycles. The lowest BCUT2D eigenvalue weighted by Crippen LogP contribution is -2.14. The van der Waals surface area contributed by atoms with E-state index in [-0.39, 0.29) is 4.90 Å². The van der Waals surface area contributed by atoms with Gasteiger partial charge in [0.25, 0.3) is 10.0 Å². The van der Waals surface area contributed by atoms with Crippen LogP contribution in [0.15, 0.2) is 47.5 Å². The van der Waals surface area contributed by atoms with Gasteiger partial charge in [-0.1, -0.05) is 0 Å². The molecule has 0 amide bonds. The standard InChI is InChI=1S/C14H12FN3O2S/c1-9-6-11(15)3-5-14(9)21(19,20)18-12-4-2-10-8-16-17-13(10)7-12/h2-8,18H,1H3,(H,16,17). The maximum Gasteiger partial charge on any atom is 0.262 e. The van der Waals surface area contributed by atoms with Crippen molar-refractivity contribution in [2.45, 2.75) is 11.8 Å². The molecule has 0 aliphatic heterocycles. The normalized spacial score (nSPS) is 11.7. The fraction of sp³-hybridized carbons (Fsp3) is 0.0714. The highest BCUT2D eigenvalue weighted by Crippen LogP contribution is 2.22. The summed E-state index contributed by atoms with van der Waals surface area (Å²) >= 11 is 0. The van der Waals surface area contributed by atoms with Crippen LogP contribution >= 0.6 is 0 Å². The van der Waals surface area contributed by atoms with Gasteiger partial charge in [-0.15, -0.1) is 0 Å². The van der Waals surface area contributed by atoms with Crippen molar-refractivity contribution in [3.05, 3.63) is 54.0 Å². The number of nitrogens with zero attached hydrogens (tertiary/aromatic N) is 1. The first kappa shape index (κ1) is 13.6. The first-order valence-corrected chi connectivity index (χ1v) is 7.66. The van der Waals surface area contributed by atoms with Crippen LogP contribution < -0.4 is 4.72 Å². The zero-order chi connectivity index (χ0) is 15.0. The fourth-order valence-corrected chi connectivity index (χ4v) is 3.40. The Morgan fingerprint density at radius 2 is 2.00 bits per heavy atom. The number of H-pyrrole nitrogens is 1. The summed E-state index contributed by atoms with van der Waals surface area (Å²) in [4.78, 5) is 0.0496. The summed E-state index contributed by atoms with van der Waals surface area (Å²) in [6.07, 6.45) is 1.65. The first-order valence-electron chi connectivity index (χ1n) is 6.18. The van der Waals surface area contributed by atoms with E-state index in [1.807, 2.05) is 0 Å².